The lowest BCUT2D eigenvalue weighted by atomic mass is 10.2. The van der Waals surface area contributed by atoms with Gasteiger partial charge in [-0.25, -0.2) is 9.97 Å². The van der Waals surface area contributed by atoms with E-state index in [1.54, 1.807) is 26.4 Å². The van der Waals surface area contributed by atoms with Crippen LogP contribution >= 0.6 is 0 Å². The molecule has 0 bridgehead atoms. The number of amides is 1. The van der Waals surface area contributed by atoms with Gasteiger partial charge >= 0.3 is 0 Å². The quantitative estimate of drug-likeness (QED) is 0.468. The molecular formula is C26H29N5O3. The van der Waals surface area contributed by atoms with Crippen molar-refractivity contribution < 1.29 is 14.3 Å². The van der Waals surface area contributed by atoms with Crippen molar-refractivity contribution in [2.24, 2.45) is 0 Å². The topological polar surface area (TPSA) is 88.6 Å². The number of nitrogens with zero attached hydrogens (tertiary/aromatic N) is 3. The highest BCUT2D eigenvalue weighted by molar-refractivity contribution is 6.02. The number of aromatic nitrogens is 2. The van der Waals surface area contributed by atoms with Crippen LogP contribution in [0.1, 0.15) is 24.2 Å². The molecule has 1 fully saturated rings. The highest BCUT2D eigenvalue weighted by Gasteiger charge is 2.15. The van der Waals surface area contributed by atoms with Crippen LogP contribution in [-0.2, 0) is 4.79 Å². The fourth-order valence-electron chi connectivity index (χ4n) is 3.82. The first kappa shape index (κ1) is 23.1. The van der Waals surface area contributed by atoms with Crippen molar-refractivity contribution >= 4 is 35.0 Å². The molecule has 0 unspecified atom stereocenters. The Kier molecular flexibility index (Phi) is 7.27. The lowest BCUT2D eigenvalue weighted by Gasteiger charge is -2.18. The molecule has 176 valence electrons. The molecule has 4 rings (SSSR count). The van der Waals surface area contributed by atoms with Crippen molar-refractivity contribution in [3.63, 3.8) is 0 Å². The maximum Gasteiger partial charge on any atom is 0.248 e. The number of carbonyl (C=O) groups is 1. The van der Waals surface area contributed by atoms with Crippen LogP contribution in [0.3, 0.4) is 0 Å². The largest absolute Gasteiger partial charge is 0.493 e. The van der Waals surface area contributed by atoms with Crippen LogP contribution in [0.15, 0.2) is 54.6 Å². The van der Waals surface area contributed by atoms with Gasteiger partial charge in [-0.3, -0.25) is 4.79 Å². The van der Waals surface area contributed by atoms with Gasteiger partial charge in [0.15, 0.2) is 11.5 Å². The first-order valence-electron chi connectivity index (χ1n) is 11.2. The minimum atomic E-state index is -0.225. The fourth-order valence-corrected chi connectivity index (χ4v) is 3.82. The van der Waals surface area contributed by atoms with Crippen molar-refractivity contribution in [3.8, 4) is 11.5 Å². The summed E-state index contributed by atoms with van der Waals surface area (Å²) < 4.78 is 10.5. The summed E-state index contributed by atoms with van der Waals surface area (Å²) in [5.41, 5.74) is 2.41. The van der Waals surface area contributed by atoms with Gasteiger partial charge in [0.1, 0.15) is 17.5 Å². The number of rotatable bonds is 8. The Hall–Kier alpha value is -4.07. The van der Waals surface area contributed by atoms with Crippen LogP contribution in [0, 0.1) is 6.92 Å². The van der Waals surface area contributed by atoms with Gasteiger partial charge in [-0.05, 0) is 67.8 Å². The average molecular weight is 460 g/mol. The zero-order valence-corrected chi connectivity index (χ0v) is 19.7. The maximum atomic E-state index is 12.3. The lowest BCUT2D eigenvalue weighted by Crippen LogP contribution is -2.19. The summed E-state index contributed by atoms with van der Waals surface area (Å²) in [6, 6.07) is 15.0. The second kappa shape index (κ2) is 10.7. The summed E-state index contributed by atoms with van der Waals surface area (Å²) in [6.07, 6.45) is 5.60. The molecule has 1 amide bonds. The lowest BCUT2D eigenvalue weighted by molar-refractivity contribution is -0.111. The molecule has 1 aliphatic heterocycles. The Morgan fingerprint density at radius 2 is 1.65 bits per heavy atom. The molecule has 0 atom stereocenters. The molecule has 2 heterocycles. The number of hydrogen-bond acceptors (Lipinski definition) is 7. The van der Waals surface area contributed by atoms with Crippen molar-refractivity contribution in [1.29, 1.82) is 0 Å². The average Bonchev–Trinajstić information content (AvgIpc) is 3.39. The molecule has 1 saturated heterocycles. The molecule has 8 nitrogen and oxygen atoms in total. The molecule has 2 N–H and O–H groups in total. The van der Waals surface area contributed by atoms with Gasteiger partial charge in [0.05, 0.1) is 14.2 Å². The van der Waals surface area contributed by atoms with Gasteiger partial charge in [0, 0.05) is 36.6 Å². The van der Waals surface area contributed by atoms with Gasteiger partial charge in [0.25, 0.3) is 0 Å². The minimum absolute atomic E-state index is 0.225. The number of ether oxygens (including phenoxy) is 2. The Morgan fingerprint density at radius 3 is 2.35 bits per heavy atom. The molecule has 0 radical (unpaired) electrons. The molecule has 0 spiro atoms. The second-order valence-corrected chi connectivity index (χ2v) is 7.99. The van der Waals surface area contributed by atoms with E-state index in [0.717, 1.165) is 41.8 Å². The predicted octanol–water partition coefficient (Wildman–Crippen LogP) is 4.80. The first-order valence-corrected chi connectivity index (χ1v) is 11.2. The number of hydrogen-bond donors (Lipinski definition) is 2. The third-order valence-corrected chi connectivity index (χ3v) is 5.51. The van der Waals surface area contributed by atoms with E-state index >= 15 is 0 Å². The molecule has 2 aromatic carbocycles. The predicted molar refractivity (Wildman–Crippen MR) is 135 cm³/mol. The van der Waals surface area contributed by atoms with E-state index in [-0.39, 0.29) is 5.91 Å². The summed E-state index contributed by atoms with van der Waals surface area (Å²) in [5.74, 6) is 3.47. The van der Waals surface area contributed by atoms with Crippen LogP contribution in [-0.4, -0.2) is 43.2 Å². The zero-order chi connectivity index (χ0) is 23.9. The molecule has 0 saturated carbocycles. The van der Waals surface area contributed by atoms with Crippen molar-refractivity contribution in [2.45, 2.75) is 19.8 Å². The number of aryl methyl sites for hydroxylation is 1. The summed E-state index contributed by atoms with van der Waals surface area (Å²) in [6.45, 7) is 3.97. The third kappa shape index (κ3) is 5.83. The van der Waals surface area contributed by atoms with E-state index in [4.69, 9.17) is 9.47 Å². The summed E-state index contributed by atoms with van der Waals surface area (Å²) in [4.78, 5) is 23.7. The van der Waals surface area contributed by atoms with Gasteiger partial charge < -0.3 is 25.0 Å². The standard InChI is InChI=1S/C26H29N5O3/c1-18-27-24(17-25(28-18)31-14-4-5-15-31)29-20-8-10-21(11-9-20)30-26(32)13-7-19-6-12-22(33-2)23(16-19)34-3/h6-13,16-17H,4-5,14-15H2,1-3H3,(H,30,32)(H,27,28,29)/b13-7+. The third-order valence-electron chi connectivity index (χ3n) is 5.51. The number of methoxy groups -OCH3 is 2. The van der Waals surface area contributed by atoms with Crippen LogP contribution in [0.2, 0.25) is 0 Å². The van der Waals surface area contributed by atoms with Crippen LogP contribution in [0.5, 0.6) is 11.5 Å². The monoisotopic (exact) mass is 459 g/mol. The Bertz CT molecular complexity index is 1170. The Morgan fingerprint density at radius 1 is 0.941 bits per heavy atom. The minimum Gasteiger partial charge on any atom is -0.493 e. The van der Waals surface area contributed by atoms with E-state index in [0.29, 0.717) is 17.2 Å². The van der Waals surface area contributed by atoms with E-state index in [1.807, 2.05) is 49.4 Å². The highest BCUT2D eigenvalue weighted by Crippen LogP contribution is 2.28. The molecule has 3 aromatic rings. The number of benzene rings is 2. The van der Waals surface area contributed by atoms with Gasteiger partial charge in [0.2, 0.25) is 5.91 Å². The molecule has 8 heteroatoms. The van der Waals surface area contributed by atoms with Gasteiger partial charge in [-0.1, -0.05) is 6.07 Å². The molecule has 34 heavy (non-hydrogen) atoms. The van der Waals surface area contributed by atoms with Gasteiger partial charge in [-0.2, -0.15) is 0 Å². The number of anilines is 4. The number of nitrogens with one attached hydrogen (secondary N) is 2. The smallest absolute Gasteiger partial charge is 0.248 e. The maximum absolute atomic E-state index is 12.3. The first-order chi connectivity index (χ1) is 16.5. The van der Waals surface area contributed by atoms with E-state index < -0.39 is 0 Å². The van der Waals surface area contributed by atoms with E-state index in [1.165, 1.54) is 18.9 Å². The van der Waals surface area contributed by atoms with Crippen molar-refractivity contribution in [2.75, 3.05) is 42.8 Å². The zero-order valence-electron chi connectivity index (χ0n) is 19.7. The second-order valence-electron chi connectivity index (χ2n) is 7.99. The molecule has 0 aliphatic carbocycles. The van der Waals surface area contributed by atoms with E-state index in [9.17, 15) is 4.79 Å². The normalized spacial score (nSPS) is 13.2. The van der Waals surface area contributed by atoms with Crippen LogP contribution in [0.25, 0.3) is 6.08 Å². The Balaban J connectivity index is 1.36. The van der Waals surface area contributed by atoms with Crippen LogP contribution < -0.4 is 25.0 Å². The number of carbonyl (C=O) groups excluding carboxylic acids is 1. The summed E-state index contributed by atoms with van der Waals surface area (Å²) >= 11 is 0. The SMILES string of the molecule is COc1ccc(/C=C/C(=O)Nc2ccc(Nc3cc(N4CCCC4)nc(C)n3)cc2)cc1OC. The van der Waals surface area contributed by atoms with Crippen LogP contribution in [0.4, 0.5) is 23.0 Å². The Labute approximate surface area is 199 Å². The highest BCUT2D eigenvalue weighted by atomic mass is 16.5. The van der Waals surface area contributed by atoms with Crippen molar-refractivity contribution in [3.05, 3.63) is 66.0 Å². The van der Waals surface area contributed by atoms with Gasteiger partial charge in [-0.15, -0.1) is 0 Å². The fraction of sp³-hybridized carbons (Fsp3) is 0.269. The molecule has 1 aromatic heterocycles. The molecule has 1 aliphatic rings. The summed E-state index contributed by atoms with van der Waals surface area (Å²) in [7, 11) is 3.16. The molecular weight excluding hydrogens is 430 g/mol. The summed E-state index contributed by atoms with van der Waals surface area (Å²) in [5, 5.41) is 6.20. The van der Waals surface area contributed by atoms with Crippen molar-refractivity contribution in [1.82, 2.24) is 9.97 Å². The van der Waals surface area contributed by atoms with E-state index in [2.05, 4.69) is 25.5 Å².